The standard InChI is InChI=1S/C16H16N4O5/c21-7-11-12(22)13(23)16(25-11)19-8-17-14-10(15(19)24)6-18-20(14)9-4-2-1-3-5-9/h1-6,8,11-13,16,21-23H,7H2/t11-,12-,13-,16?/m1/s1. The van der Waals surface area contributed by atoms with Crippen molar-refractivity contribution in [1.29, 1.82) is 0 Å². The van der Waals surface area contributed by atoms with Crippen molar-refractivity contribution in [2.75, 3.05) is 6.61 Å². The van der Waals surface area contributed by atoms with Gasteiger partial charge in [-0.2, -0.15) is 5.10 Å². The quantitative estimate of drug-likeness (QED) is 0.568. The lowest BCUT2D eigenvalue weighted by Gasteiger charge is -2.17. The van der Waals surface area contributed by atoms with Gasteiger partial charge in [0.25, 0.3) is 5.56 Å². The number of nitrogens with zero attached hydrogens (tertiary/aromatic N) is 4. The molecule has 1 unspecified atom stereocenters. The Morgan fingerprint density at radius 1 is 1.16 bits per heavy atom. The molecule has 0 radical (unpaired) electrons. The Morgan fingerprint density at radius 3 is 2.60 bits per heavy atom. The highest BCUT2D eigenvalue weighted by Gasteiger charge is 2.43. The van der Waals surface area contributed by atoms with Gasteiger partial charge in [-0.15, -0.1) is 0 Å². The van der Waals surface area contributed by atoms with E-state index in [2.05, 4.69) is 10.1 Å². The summed E-state index contributed by atoms with van der Waals surface area (Å²) in [7, 11) is 0. The minimum Gasteiger partial charge on any atom is -0.394 e. The normalized spacial score (nSPS) is 26.4. The number of para-hydroxylation sites is 1. The lowest BCUT2D eigenvalue weighted by atomic mass is 10.1. The molecular weight excluding hydrogens is 328 g/mol. The molecule has 4 atom stereocenters. The minimum atomic E-state index is -1.35. The molecule has 25 heavy (non-hydrogen) atoms. The second kappa shape index (κ2) is 6.05. The summed E-state index contributed by atoms with van der Waals surface area (Å²) in [5.41, 5.74) is 0.677. The molecule has 3 aromatic rings. The summed E-state index contributed by atoms with van der Waals surface area (Å²) in [5, 5.41) is 33.6. The molecule has 0 bridgehead atoms. The molecule has 0 aliphatic carbocycles. The summed E-state index contributed by atoms with van der Waals surface area (Å²) >= 11 is 0. The van der Waals surface area contributed by atoms with E-state index in [0.29, 0.717) is 5.65 Å². The van der Waals surface area contributed by atoms with E-state index in [1.54, 1.807) is 4.68 Å². The SMILES string of the molecule is O=c1c2cnn(-c3ccccc3)c2ncn1C1O[C@H](CO)[C@@H](O)[C@H]1O. The zero-order valence-corrected chi connectivity index (χ0v) is 13.0. The smallest absolute Gasteiger partial charge is 0.266 e. The molecule has 4 rings (SSSR count). The van der Waals surface area contributed by atoms with E-state index in [1.165, 1.54) is 12.5 Å². The molecule has 9 heteroatoms. The molecule has 130 valence electrons. The molecule has 1 aromatic carbocycles. The summed E-state index contributed by atoms with van der Waals surface area (Å²) in [6, 6.07) is 9.25. The van der Waals surface area contributed by atoms with Gasteiger partial charge in [0.15, 0.2) is 11.9 Å². The van der Waals surface area contributed by atoms with E-state index in [9.17, 15) is 20.1 Å². The van der Waals surface area contributed by atoms with Crippen molar-refractivity contribution < 1.29 is 20.1 Å². The average Bonchev–Trinajstić information content (AvgIpc) is 3.19. The average molecular weight is 344 g/mol. The number of rotatable bonds is 3. The largest absolute Gasteiger partial charge is 0.394 e. The fourth-order valence-corrected chi connectivity index (χ4v) is 2.97. The third-order valence-corrected chi connectivity index (χ3v) is 4.31. The van der Waals surface area contributed by atoms with E-state index in [-0.39, 0.29) is 5.39 Å². The zero-order valence-electron chi connectivity index (χ0n) is 13.0. The Hall–Kier alpha value is -2.59. The van der Waals surface area contributed by atoms with Crippen LogP contribution < -0.4 is 5.56 Å². The second-order valence-corrected chi connectivity index (χ2v) is 5.82. The maximum Gasteiger partial charge on any atom is 0.266 e. The maximum atomic E-state index is 12.7. The first-order valence-electron chi connectivity index (χ1n) is 7.74. The number of aliphatic hydroxyl groups excluding tert-OH is 3. The van der Waals surface area contributed by atoms with E-state index < -0.39 is 36.7 Å². The number of hydrogen-bond acceptors (Lipinski definition) is 7. The number of aromatic nitrogens is 4. The van der Waals surface area contributed by atoms with Crippen LogP contribution in [0.3, 0.4) is 0 Å². The van der Waals surface area contributed by atoms with Gasteiger partial charge in [-0.3, -0.25) is 9.36 Å². The Morgan fingerprint density at radius 2 is 1.92 bits per heavy atom. The third-order valence-electron chi connectivity index (χ3n) is 4.31. The lowest BCUT2D eigenvalue weighted by molar-refractivity contribution is -0.0546. The Kier molecular flexibility index (Phi) is 3.85. The van der Waals surface area contributed by atoms with Gasteiger partial charge in [0.1, 0.15) is 30.0 Å². The van der Waals surface area contributed by atoms with E-state index in [4.69, 9.17) is 4.74 Å². The molecule has 3 heterocycles. The number of benzene rings is 1. The molecule has 0 spiro atoms. The monoisotopic (exact) mass is 344 g/mol. The second-order valence-electron chi connectivity index (χ2n) is 5.82. The Bertz CT molecular complexity index is 954. The van der Waals surface area contributed by atoms with Crippen molar-refractivity contribution in [3.05, 3.63) is 53.2 Å². The molecule has 2 aromatic heterocycles. The first-order valence-corrected chi connectivity index (χ1v) is 7.74. The highest BCUT2D eigenvalue weighted by Crippen LogP contribution is 2.28. The fraction of sp³-hybridized carbons (Fsp3) is 0.312. The first kappa shape index (κ1) is 15.9. The maximum absolute atomic E-state index is 12.7. The minimum absolute atomic E-state index is 0.254. The molecule has 0 amide bonds. The van der Waals surface area contributed by atoms with Crippen LogP contribution in [0.15, 0.2) is 47.7 Å². The number of aliphatic hydroxyl groups is 3. The van der Waals surface area contributed by atoms with Crippen molar-refractivity contribution in [3.8, 4) is 5.69 Å². The van der Waals surface area contributed by atoms with Crippen LogP contribution in [0.5, 0.6) is 0 Å². The van der Waals surface area contributed by atoms with E-state index >= 15 is 0 Å². The highest BCUT2D eigenvalue weighted by atomic mass is 16.6. The van der Waals surface area contributed by atoms with Gasteiger partial charge in [0.05, 0.1) is 18.5 Å². The van der Waals surface area contributed by atoms with Crippen molar-refractivity contribution >= 4 is 11.0 Å². The van der Waals surface area contributed by atoms with Gasteiger partial charge >= 0.3 is 0 Å². The van der Waals surface area contributed by atoms with E-state index in [1.807, 2.05) is 30.3 Å². The topological polar surface area (TPSA) is 123 Å². The predicted octanol–water partition coefficient (Wildman–Crippen LogP) is -0.806. The molecule has 0 saturated carbocycles. The van der Waals surface area contributed by atoms with Gasteiger partial charge in [-0.25, -0.2) is 9.67 Å². The Balaban J connectivity index is 1.79. The highest BCUT2D eigenvalue weighted by molar-refractivity contribution is 5.74. The van der Waals surface area contributed by atoms with Crippen molar-refractivity contribution in [2.24, 2.45) is 0 Å². The molecule has 3 N–H and O–H groups in total. The molecule has 9 nitrogen and oxygen atoms in total. The van der Waals surface area contributed by atoms with Crippen LogP contribution in [0.4, 0.5) is 0 Å². The van der Waals surface area contributed by atoms with E-state index in [0.717, 1.165) is 10.3 Å². The number of fused-ring (bicyclic) bond motifs is 1. The van der Waals surface area contributed by atoms with Crippen LogP contribution >= 0.6 is 0 Å². The fourth-order valence-electron chi connectivity index (χ4n) is 2.97. The third kappa shape index (κ3) is 2.45. The summed E-state index contributed by atoms with van der Waals surface area (Å²) < 4.78 is 8.03. The van der Waals surface area contributed by atoms with Gasteiger partial charge in [-0.05, 0) is 12.1 Å². The summed E-state index contributed by atoms with van der Waals surface area (Å²) in [4.78, 5) is 17.0. The van der Waals surface area contributed by atoms with Gasteiger partial charge in [0, 0.05) is 0 Å². The van der Waals surface area contributed by atoms with Crippen LogP contribution in [0.2, 0.25) is 0 Å². The predicted molar refractivity (Wildman–Crippen MR) is 86.1 cm³/mol. The molecule has 1 saturated heterocycles. The van der Waals surface area contributed by atoms with Crippen LogP contribution in [-0.4, -0.2) is 59.6 Å². The zero-order chi connectivity index (χ0) is 17.6. The van der Waals surface area contributed by atoms with Gasteiger partial charge < -0.3 is 20.1 Å². The van der Waals surface area contributed by atoms with Crippen LogP contribution in [0, 0.1) is 0 Å². The first-order chi connectivity index (χ1) is 12.1. The van der Waals surface area contributed by atoms with Crippen LogP contribution in [-0.2, 0) is 4.74 Å². The summed E-state index contributed by atoms with van der Waals surface area (Å²) in [6.07, 6.45) is -2.09. The van der Waals surface area contributed by atoms with Gasteiger partial charge in [-0.1, -0.05) is 18.2 Å². The molecule has 1 aliphatic heterocycles. The van der Waals surface area contributed by atoms with Crippen LogP contribution in [0.25, 0.3) is 16.7 Å². The summed E-state index contributed by atoms with van der Waals surface area (Å²) in [5.74, 6) is 0. The van der Waals surface area contributed by atoms with Crippen molar-refractivity contribution in [2.45, 2.75) is 24.5 Å². The molecule has 1 aliphatic rings. The molecular formula is C16H16N4O5. The number of ether oxygens (including phenoxy) is 1. The summed E-state index contributed by atoms with van der Waals surface area (Å²) in [6.45, 7) is -0.467. The van der Waals surface area contributed by atoms with Crippen LogP contribution in [0.1, 0.15) is 6.23 Å². The Labute approximate surface area is 141 Å². The van der Waals surface area contributed by atoms with Crippen molar-refractivity contribution in [3.63, 3.8) is 0 Å². The molecule has 1 fully saturated rings. The lowest BCUT2D eigenvalue weighted by Crippen LogP contribution is -2.35. The van der Waals surface area contributed by atoms with Crippen molar-refractivity contribution in [1.82, 2.24) is 19.3 Å². The number of hydrogen-bond donors (Lipinski definition) is 3. The van der Waals surface area contributed by atoms with Gasteiger partial charge in [0.2, 0.25) is 0 Å².